The Labute approximate surface area is 113 Å². The zero-order valence-electron chi connectivity index (χ0n) is 11.0. The molecule has 1 aromatic heterocycles. The maximum atomic E-state index is 5.62. The van der Waals surface area contributed by atoms with Crippen LogP contribution in [0.5, 0.6) is 0 Å². The molecule has 4 nitrogen and oxygen atoms in total. The molecule has 1 aliphatic rings. The fourth-order valence-corrected chi connectivity index (χ4v) is 2.52. The number of pyridine rings is 1. The number of nitrogens with zero attached hydrogens (tertiary/aromatic N) is 2. The molecule has 100 valence electrons. The highest BCUT2D eigenvalue weighted by Gasteiger charge is 2.14. The summed E-state index contributed by atoms with van der Waals surface area (Å²) in [5, 5.41) is 1.18. The van der Waals surface area contributed by atoms with Gasteiger partial charge in [0.25, 0.3) is 0 Å². The standard InChI is InChI=1S/C15H19N3O/c16-7-6-13-5-4-12-2-1-3-14(15(12)17-13)18-8-10-19-11-9-18/h1-5H,6-11,16H2. The molecule has 0 aliphatic carbocycles. The molecular weight excluding hydrogens is 238 g/mol. The Hall–Kier alpha value is -1.65. The number of benzene rings is 1. The number of anilines is 1. The fraction of sp³-hybridized carbons (Fsp3) is 0.400. The minimum absolute atomic E-state index is 0.637. The molecular formula is C15H19N3O. The topological polar surface area (TPSA) is 51.4 Å². The molecule has 0 radical (unpaired) electrons. The van der Waals surface area contributed by atoms with Gasteiger partial charge in [-0.2, -0.15) is 0 Å². The molecule has 2 N–H and O–H groups in total. The summed E-state index contributed by atoms with van der Waals surface area (Å²) in [4.78, 5) is 7.13. The third-order valence-electron chi connectivity index (χ3n) is 3.51. The highest BCUT2D eigenvalue weighted by molar-refractivity contribution is 5.91. The third kappa shape index (κ3) is 2.55. The second-order valence-corrected chi connectivity index (χ2v) is 4.79. The van der Waals surface area contributed by atoms with E-state index in [1.807, 2.05) is 0 Å². The lowest BCUT2D eigenvalue weighted by atomic mass is 10.1. The predicted molar refractivity (Wildman–Crippen MR) is 77.5 cm³/mol. The largest absolute Gasteiger partial charge is 0.378 e. The highest BCUT2D eigenvalue weighted by atomic mass is 16.5. The molecule has 0 bridgehead atoms. The van der Waals surface area contributed by atoms with Crippen LogP contribution in [0.4, 0.5) is 5.69 Å². The van der Waals surface area contributed by atoms with Crippen molar-refractivity contribution in [3.05, 3.63) is 36.0 Å². The summed E-state index contributed by atoms with van der Waals surface area (Å²) >= 11 is 0. The number of para-hydroxylation sites is 1. The lowest BCUT2D eigenvalue weighted by molar-refractivity contribution is 0.123. The molecule has 3 rings (SSSR count). The van der Waals surface area contributed by atoms with E-state index in [0.717, 1.165) is 43.9 Å². The van der Waals surface area contributed by atoms with E-state index in [0.29, 0.717) is 6.54 Å². The molecule has 0 saturated carbocycles. The van der Waals surface area contributed by atoms with Crippen molar-refractivity contribution in [3.63, 3.8) is 0 Å². The van der Waals surface area contributed by atoms with Gasteiger partial charge in [0.1, 0.15) is 0 Å². The summed E-state index contributed by atoms with van der Waals surface area (Å²) in [6, 6.07) is 10.6. The van der Waals surface area contributed by atoms with Crippen LogP contribution in [0, 0.1) is 0 Å². The van der Waals surface area contributed by atoms with Crippen LogP contribution in [0.25, 0.3) is 10.9 Å². The molecule has 0 unspecified atom stereocenters. The molecule has 1 fully saturated rings. The summed E-state index contributed by atoms with van der Waals surface area (Å²) in [7, 11) is 0. The molecule has 19 heavy (non-hydrogen) atoms. The van der Waals surface area contributed by atoms with Crippen molar-refractivity contribution in [2.24, 2.45) is 5.73 Å². The van der Waals surface area contributed by atoms with Crippen molar-refractivity contribution in [2.45, 2.75) is 6.42 Å². The van der Waals surface area contributed by atoms with E-state index >= 15 is 0 Å². The first-order valence-corrected chi connectivity index (χ1v) is 6.80. The first-order valence-electron chi connectivity index (χ1n) is 6.80. The summed E-state index contributed by atoms with van der Waals surface area (Å²) in [6.45, 7) is 4.08. The molecule has 2 aromatic rings. The van der Waals surface area contributed by atoms with Crippen LogP contribution < -0.4 is 10.6 Å². The molecule has 1 saturated heterocycles. The molecule has 2 heterocycles. The smallest absolute Gasteiger partial charge is 0.0938 e. The predicted octanol–water partition coefficient (Wildman–Crippen LogP) is 1.57. The Bertz CT molecular complexity index is 564. The van der Waals surface area contributed by atoms with Crippen LogP contribution in [-0.2, 0) is 11.2 Å². The Morgan fingerprint density at radius 2 is 2.00 bits per heavy atom. The molecule has 1 aromatic carbocycles. The molecule has 0 amide bonds. The van der Waals surface area contributed by atoms with E-state index < -0.39 is 0 Å². The highest BCUT2D eigenvalue weighted by Crippen LogP contribution is 2.26. The fourth-order valence-electron chi connectivity index (χ4n) is 2.52. The van der Waals surface area contributed by atoms with Crippen molar-refractivity contribution in [1.29, 1.82) is 0 Å². The Morgan fingerprint density at radius 3 is 2.79 bits per heavy atom. The maximum absolute atomic E-state index is 5.62. The summed E-state index contributed by atoms with van der Waals surface area (Å²) in [5.74, 6) is 0. The normalized spacial score (nSPS) is 15.9. The Kier molecular flexibility index (Phi) is 3.62. The quantitative estimate of drug-likeness (QED) is 0.907. The lowest BCUT2D eigenvalue weighted by Gasteiger charge is -2.29. The third-order valence-corrected chi connectivity index (χ3v) is 3.51. The van der Waals surface area contributed by atoms with Gasteiger partial charge < -0.3 is 15.4 Å². The average molecular weight is 257 g/mol. The van der Waals surface area contributed by atoms with Crippen LogP contribution in [0.1, 0.15) is 5.69 Å². The van der Waals surface area contributed by atoms with Crippen LogP contribution in [0.2, 0.25) is 0 Å². The minimum atomic E-state index is 0.637. The van der Waals surface area contributed by atoms with Crippen molar-refractivity contribution >= 4 is 16.6 Å². The molecule has 4 heteroatoms. The number of hydrogen-bond donors (Lipinski definition) is 1. The van der Waals surface area contributed by atoms with Gasteiger partial charge in [-0.15, -0.1) is 0 Å². The second-order valence-electron chi connectivity index (χ2n) is 4.79. The van der Waals surface area contributed by atoms with Gasteiger partial charge in [0.15, 0.2) is 0 Å². The van der Waals surface area contributed by atoms with Gasteiger partial charge in [0.2, 0.25) is 0 Å². The van der Waals surface area contributed by atoms with Crippen molar-refractivity contribution in [2.75, 3.05) is 37.7 Å². The van der Waals surface area contributed by atoms with Crippen LogP contribution >= 0.6 is 0 Å². The van der Waals surface area contributed by atoms with E-state index in [1.54, 1.807) is 0 Å². The van der Waals surface area contributed by atoms with E-state index in [4.69, 9.17) is 15.5 Å². The van der Waals surface area contributed by atoms with Crippen molar-refractivity contribution < 1.29 is 4.74 Å². The zero-order valence-corrected chi connectivity index (χ0v) is 11.0. The van der Waals surface area contributed by atoms with E-state index in [9.17, 15) is 0 Å². The second kappa shape index (κ2) is 5.55. The monoisotopic (exact) mass is 257 g/mol. The van der Waals surface area contributed by atoms with Crippen molar-refractivity contribution in [1.82, 2.24) is 4.98 Å². The van der Waals surface area contributed by atoms with Crippen LogP contribution in [-0.4, -0.2) is 37.8 Å². The van der Waals surface area contributed by atoms with Gasteiger partial charge >= 0.3 is 0 Å². The van der Waals surface area contributed by atoms with Gasteiger partial charge in [-0.1, -0.05) is 18.2 Å². The lowest BCUT2D eigenvalue weighted by Crippen LogP contribution is -2.36. The van der Waals surface area contributed by atoms with E-state index in [1.165, 1.54) is 11.1 Å². The number of fused-ring (bicyclic) bond motifs is 1. The van der Waals surface area contributed by atoms with Gasteiger partial charge in [-0.05, 0) is 18.7 Å². The average Bonchev–Trinajstić information content (AvgIpc) is 2.48. The zero-order chi connectivity index (χ0) is 13.1. The summed E-state index contributed by atoms with van der Waals surface area (Å²) in [5.41, 5.74) is 8.97. The SMILES string of the molecule is NCCc1ccc2cccc(N3CCOCC3)c2n1. The number of hydrogen-bond acceptors (Lipinski definition) is 4. The van der Waals surface area contributed by atoms with E-state index in [2.05, 4.69) is 35.2 Å². The van der Waals surface area contributed by atoms with E-state index in [-0.39, 0.29) is 0 Å². The molecule has 1 aliphatic heterocycles. The van der Waals surface area contributed by atoms with Gasteiger partial charge in [-0.25, -0.2) is 0 Å². The number of aromatic nitrogens is 1. The first kappa shape index (κ1) is 12.4. The Morgan fingerprint density at radius 1 is 1.16 bits per heavy atom. The summed E-state index contributed by atoms with van der Waals surface area (Å²) in [6.07, 6.45) is 0.827. The first-order chi connectivity index (χ1) is 9.38. The summed E-state index contributed by atoms with van der Waals surface area (Å²) < 4.78 is 5.42. The van der Waals surface area contributed by atoms with Crippen molar-refractivity contribution in [3.8, 4) is 0 Å². The molecule has 0 spiro atoms. The maximum Gasteiger partial charge on any atom is 0.0938 e. The van der Waals surface area contributed by atoms with Crippen LogP contribution in [0.15, 0.2) is 30.3 Å². The van der Waals surface area contributed by atoms with Gasteiger partial charge in [0, 0.05) is 30.6 Å². The van der Waals surface area contributed by atoms with Gasteiger partial charge in [0.05, 0.1) is 24.4 Å². The number of morpholine rings is 1. The minimum Gasteiger partial charge on any atom is -0.378 e. The van der Waals surface area contributed by atoms with Gasteiger partial charge in [-0.3, -0.25) is 4.98 Å². The van der Waals surface area contributed by atoms with Crippen LogP contribution in [0.3, 0.4) is 0 Å². The number of rotatable bonds is 3. The number of nitrogens with two attached hydrogens (primary N) is 1. The Balaban J connectivity index is 2.04. The number of ether oxygens (including phenoxy) is 1. The molecule has 0 atom stereocenters.